The molecular formula is C7H14N2O4. The summed E-state index contributed by atoms with van der Waals surface area (Å²) in [6.45, 7) is 1.35. The van der Waals surface area contributed by atoms with Gasteiger partial charge in [-0.25, -0.2) is 0 Å². The Hall–Kier alpha value is -1.14. The number of nitrogens with one attached hydrogen (secondary N) is 2. The molecule has 0 saturated carbocycles. The molecule has 0 amide bonds. The predicted octanol–water partition coefficient (Wildman–Crippen LogP) is -1.23. The van der Waals surface area contributed by atoms with Gasteiger partial charge in [0.2, 0.25) is 0 Å². The van der Waals surface area contributed by atoms with Crippen LogP contribution in [0.25, 0.3) is 0 Å². The Morgan fingerprint density at radius 2 is 2.15 bits per heavy atom. The third-order valence-corrected chi connectivity index (χ3v) is 1.38. The zero-order chi connectivity index (χ0) is 10.3. The van der Waals surface area contributed by atoms with Gasteiger partial charge in [0.25, 0.3) is 0 Å². The van der Waals surface area contributed by atoms with Crippen LogP contribution in [0.4, 0.5) is 0 Å². The summed E-state index contributed by atoms with van der Waals surface area (Å²) in [5.74, 6) is -1.40. The fraction of sp³-hybridized carbons (Fsp3) is 0.714. The summed E-state index contributed by atoms with van der Waals surface area (Å²) in [6.07, 6.45) is 0. The number of aliphatic carboxylic acids is 1. The Morgan fingerprint density at radius 3 is 2.62 bits per heavy atom. The first-order chi connectivity index (χ1) is 6.07. The summed E-state index contributed by atoms with van der Waals surface area (Å²) in [4.78, 5) is 21.0. The van der Waals surface area contributed by atoms with Crippen molar-refractivity contribution >= 4 is 11.9 Å². The molecule has 0 heterocycles. The van der Waals surface area contributed by atoms with Gasteiger partial charge in [-0.2, -0.15) is 0 Å². The van der Waals surface area contributed by atoms with E-state index in [0.717, 1.165) is 0 Å². The highest BCUT2D eigenvalue weighted by Crippen LogP contribution is 1.84. The molecule has 0 fully saturated rings. The molecule has 3 N–H and O–H groups in total. The van der Waals surface area contributed by atoms with E-state index in [2.05, 4.69) is 15.4 Å². The Morgan fingerprint density at radius 1 is 1.54 bits per heavy atom. The van der Waals surface area contributed by atoms with Gasteiger partial charge in [-0.05, 0) is 14.0 Å². The molecule has 0 aromatic rings. The van der Waals surface area contributed by atoms with Gasteiger partial charge in [-0.3, -0.25) is 14.9 Å². The minimum absolute atomic E-state index is 0.0862. The number of carbonyl (C=O) groups is 2. The van der Waals surface area contributed by atoms with E-state index in [1.54, 1.807) is 14.0 Å². The molecule has 1 unspecified atom stereocenters. The van der Waals surface area contributed by atoms with Crippen LogP contribution in [0.3, 0.4) is 0 Å². The van der Waals surface area contributed by atoms with Crippen molar-refractivity contribution in [3.05, 3.63) is 0 Å². The fourth-order valence-corrected chi connectivity index (χ4v) is 0.523. The van der Waals surface area contributed by atoms with Gasteiger partial charge in [0.05, 0.1) is 6.54 Å². The Balaban J connectivity index is 3.42. The van der Waals surface area contributed by atoms with Gasteiger partial charge in [0.15, 0.2) is 0 Å². The second kappa shape index (κ2) is 6.38. The minimum Gasteiger partial charge on any atom is -0.480 e. The van der Waals surface area contributed by atoms with Crippen LogP contribution in [0, 0.1) is 0 Å². The molecular weight excluding hydrogens is 176 g/mol. The normalized spacial score (nSPS) is 12.2. The lowest BCUT2D eigenvalue weighted by Crippen LogP contribution is -2.35. The van der Waals surface area contributed by atoms with E-state index in [9.17, 15) is 9.59 Å². The average Bonchev–Trinajstić information content (AvgIpc) is 2.10. The molecule has 6 nitrogen and oxygen atoms in total. The number of hydrogen-bond donors (Lipinski definition) is 3. The molecule has 0 saturated heterocycles. The number of esters is 1. The van der Waals surface area contributed by atoms with Gasteiger partial charge in [0.1, 0.15) is 12.8 Å². The number of ether oxygens (including phenoxy) is 1. The SMILES string of the molecule is CNC(C)C(=O)OCNCC(=O)O. The Labute approximate surface area is 76.3 Å². The molecule has 0 spiro atoms. The summed E-state index contributed by atoms with van der Waals surface area (Å²) in [6, 6.07) is -0.383. The van der Waals surface area contributed by atoms with E-state index in [1.807, 2.05) is 0 Å². The number of carboxylic acid groups (broad SMARTS) is 1. The molecule has 13 heavy (non-hydrogen) atoms. The zero-order valence-electron chi connectivity index (χ0n) is 7.66. The maximum Gasteiger partial charge on any atom is 0.324 e. The molecule has 76 valence electrons. The van der Waals surface area contributed by atoms with Gasteiger partial charge >= 0.3 is 11.9 Å². The Kier molecular flexibility index (Phi) is 5.82. The molecule has 0 radical (unpaired) electrons. The maximum absolute atomic E-state index is 10.9. The third-order valence-electron chi connectivity index (χ3n) is 1.38. The van der Waals surface area contributed by atoms with Crippen LogP contribution in [0.1, 0.15) is 6.92 Å². The van der Waals surface area contributed by atoms with Crippen LogP contribution in [-0.4, -0.2) is 43.4 Å². The van der Waals surface area contributed by atoms with Crippen molar-refractivity contribution in [1.82, 2.24) is 10.6 Å². The van der Waals surface area contributed by atoms with Crippen LogP contribution in [-0.2, 0) is 14.3 Å². The van der Waals surface area contributed by atoms with Crippen molar-refractivity contribution in [2.24, 2.45) is 0 Å². The monoisotopic (exact) mass is 190 g/mol. The van der Waals surface area contributed by atoms with Crippen molar-refractivity contribution in [3.63, 3.8) is 0 Å². The number of likely N-dealkylation sites (N-methyl/N-ethyl adjacent to an activating group) is 1. The third kappa shape index (κ3) is 6.06. The number of rotatable bonds is 6. The average molecular weight is 190 g/mol. The zero-order valence-corrected chi connectivity index (χ0v) is 7.66. The second-order valence-corrected chi connectivity index (χ2v) is 2.44. The first-order valence-corrected chi connectivity index (χ1v) is 3.84. The number of carboxylic acids is 1. The summed E-state index contributed by atoms with van der Waals surface area (Å²) in [7, 11) is 1.64. The van der Waals surface area contributed by atoms with E-state index in [-0.39, 0.29) is 19.3 Å². The summed E-state index contributed by atoms with van der Waals surface area (Å²) in [5.41, 5.74) is 0. The van der Waals surface area contributed by atoms with Gasteiger partial charge < -0.3 is 15.2 Å². The summed E-state index contributed by atoms with van der Waals surface area (Å²) in [5, 5.41) is 13.3. The van der Waals surface area contributed by atoms with E-state index in [0.29, 0.717) is 0 Å². The largest absolute Gasteiger partial charge is 0.480 e. The van der Waals surface area contributed by atoms with Crippen molar-refractivity contribution in [2.45, 2.75) is 13.0 Å². The first kappa shape index (κ1) is 11.9. The molecule has 0 aromatic carbocycles. The Bertz CT molecular complexity index is 183. The number of hydrogen-bond acceptors (Lipinski definition) is 5. The maximum atomic E-state index is 10.9. The van der Waals surface area contributed by atoms with Crippen LogP contribution >= 0.6 is 0 Å². The quantitative estimate of drug-likeness (QED) is 0.276. The highest BCUT2D eigenvalue weighted by Gasteiger charge is 2.10. The van der Waals surface area contributed by atoms with Crippen molar-refractivity contribution < 1.29 is 19.4 Å². The lowest BCUT2D eigenvalue weighted by molar-refractivity contribution is -0.147. The van der Waals surface area contributed by atoms with Crippen molar-refractivity contribution in [2.75, 3.05) is 20.3 Å². The van der Waals surface area contributed by atoms with E-state index >= 15 is 0 Å². The second-order valence-electron chi connectivity index (χ2n) is 2.44. The lowest BCUT2D eigenvalue weighted by Gasteiger charge is -2.09. The van der Waals surface area contributed by atoms with Crippen LogP contribution in [0.15, 0.2) is 0 Å². The molecule has 0 bridgehead atoms. The molecule has 0 aliphatic rings. The van der Waals surface area contributed by atoms with E-state index in [4.69, 9.17) is 5.11 Å². The van der Waals surface area contributed by atoms with Gasteiger partial charge in [-0.15, -0.1) is 0 Å². The molecule has 0 aromatic heterocycles. The highest BCUT2D eigenvalue weighted by molar-refractivity contribution is 5.75. The molecule has 1 atom stereocenters. The van der Waals surface area contributed by atoms with E-state index < -0.39 is 11.9 Å². The predicted molar refractivity (Wildman–Crippen MR) is 45.1 cm³/mol. The van der Waals surface area contributed by atoms with Crippen LogP contribution < -0.4 is 10.6 Å². The topological polar surface area (TPSA) is 87.7 Å². The first-order valence-electron chi connectivity index (χ1n) is 3.84. The van der Waals surface area contributed by atoms with Crippen LogP contribution in [0.2, 0.25) is 0 Å². The fourth-order valence-electron chi connectivity index (χ4n) is 0.523. The standard InChI is InChI=1S/C7H14N2O4/c1-5(8-2)7(12)13-4-9-3-6(10)11/h5,8-9H,3-4H2,1-2H3,(H,10,11). The summed E-state index contributed by atoms with van der Waals surface area (Å²) < 4.78 is 4.67. The number of carbonyl (C=O) groups excluding carboxylic acids is 1. The van der Waals surface area contributed by atoms with Gasteiger partial charge in [0, 0.05) is 0 Å². The summed E-state index contributed by atoms with van der Waals surface area (Å²) >= 11 is 0. The molecule has 0 aliphatic carbocycles. The minimum atomic E-state index is -0.988. The van der Waals surface area contributed by atoms with Gasteiger partial charge in [-0.1, -0.05) is 0 Å². The molecule has 0 rings (SSSR count). The van der Waals surface area contributed by atoms with Crippen LogP contribution in [0.5, 0.6) is 0 Å². The van der Waals surface area contributed by atoms with E-state index in [1.165, 1.54) is 0 Å². The van der Waals surface area contributed by atoms with Crippen molar-refractivity contribution in [1.29, 1.82) is 0 Å². The molecule has 0 aliphatic heterocycles. The highest BCUT2D eigenvalue weighted by atomic mass is 16.5. The van der Waals surface area contributed by atoms with Crippen molar-refractivity contribution in [3.8, 4) is 0 Å². The molecule has 6 heteroatoms. The smallest absolute Gasteiger partial charge is 0.324 e. The lowest BCUT2D eigenvalue weighted by atomic mass is 10.4.